The molecule has 1 spiro atoms. The van der Waals surface area contributed by atoms with Crippen LogP contribution in [-0.2, 0) is 23.7 Å². The highest BCUT2D eigenvalue weighted by Crippen LogP contribution is 2.58. The summed E-state index contributed by atoms with van der Waals surface area (Å²) in [6.07, 6.45) is -7.15. The van der Waals surface area contributed by atoms with E-state index in [0.717, 1.165) is 0 Å². The Bertz CT molecular complexity index is 507. The van der Waals surface area contributed by atoms with Crippen LogP contribution in [0.3, 0.4) is 0 Å². The standard InChI is InChI=1S/C15H20F4O5/c1-13(9(24-13)3-4-22-7-15(17,18)19)12-11(21-2)10(20)8(16)5-14(12)6-23-14/h8-9,11-12H,3-7H2,1-2H3/t8-,9+,11+,12+,13-,14-/m0/s1. The van der Waals surface area contributed by atoms with Gasteiger partial charge in [-0.15, -0.1) is 0 Å². The highest BCUT2D eigenvalue weighted by molar-refractivity contribution is 5.89. The summed E-state index contributed by atoms with van der Waals surface area (Å²) in [4.78, 5) is 12.1. The number of hydrogen-bond acceptors (Lipinski definition) is 5. The van der Waals surface area contributed by atoms with Gasteiger partial charge in [-0.05, 0) is 13.3 Å². The second kappa shape index (κ2) is 5.89. The van der Waals surface area contributed by atoms with Gasteiger partial charge in [-0.3, -0.25) is 4.79 Å². The maximum absolute atomic E-state index is 13.9. The van der Waals surface area contributed by atoms with Crippen molar-refractivity contribution in [3.05, 3.63) is 0 Å². The predicted octanol–water partition coefficient (Wildman–Crippen LogP) is 1.82. The molecular weight excluding hydrogens is 336 g/mol. The van der Waals surface area contributed by atoms with Crippen molar-refractivity contribution < 1.29 is 41.3 Å². The SMILES string of the molecule is CO[C@@H]1C(=O)[C@@H](F)C[C@]2(CO2)[C@H]1[C@@]1(C)O[C@@H]1CCOCC(F)(F)F. The van der Waals surface area contributed by atoms with Crippen molar-refractivity contribution in [1.82, 2.24) is 0 Å². The smallest absolute Gasteiger partial charge is 0.373 e. The van der Waals surface area contributed by atoms with E-state index in [4.69, 9.17) is 14.2 Å². The summed E-state index contributed by atoms with van der Waals surface area (Å²) >= 11 is 0. The number of hydrogen-bond donors (Lipinski definition) is 0. The fourth-order valence-electron chi connectivity index (χ4n) is 3.88. The van der Waals surface area contributed by atoms with Crippen molar-refractivity contribution in [1.29, 1.82) is 0 Å². The summed E-state index contributed by atoms with van der Waals surface area (Å²) in [6.45, 7) is 0.655. The van der Waals surface area contributed by atoms with Gasteiger partial charge in [0.1, 0.15) is 23.9 Å². The number of carbonyl (C=O) groups excluding carboxylic acids is 1. The largest absolute Gasteiger partial charge is 0.411 e. The number of ether oxygens (including phenoxy) is 4. The van der Waals surface area contributed by atoms with Crippen LogP contribution in [0.2, 0.25) is 0 Å². The molecule has 2 heterocycles. The van der Waals surface area contributed by atoms with Crippen LogP contribution in [0.1, 0.15) is 19.8 Å². The molecule has 2 aliphatic heterocycles. The molecule has 9 heteroatoms. The third-order valence-corrected chi connectivity index (χ3v) is 5.14. The van der Waals surface area contributed by atoms with Crippen LogP contribution in [0.5, 0.6) is 0 Å². The van der Waals surface area contributed by atoms with E-state index in [9.17, 15) is 22.4 Å². The van der Waals surface area contributed by atoms with E-state index in [1.54, 1.807) is 6.92 Å². The molecule has 3 rings (SSSR count). The topological polar surface area (TPSA) is 60.6 Å². The highest BCUT2D eigenvalue weighted by Gasteiger charge is 2.73. The van der Waals surface area contributed by atoms with Crippen LogP contribution in [0.4, 0.5) is 17.6 Å². The summed E-state index contributed by atoms with van der Waals surface area (Å²) in [5.41, 5.74) is -1.58. The highest BCUT2D eigenvalue weighted by atomic mass is 19.4. The zero-order chi connectivity index (χ0) is 17.8. The molecule has 0 bridgehead atoms. The van der Waals surface area contributed by atoms with E-state index in [-0.39, 0.29) is 25.6 Å². The van der Waals surface area contributed by atoms with Gasteiger partial charge in [0, 0.05) is 20.1 Å². The van der Waals surface area contributed by atoms with Crippen LogP contribution in [0.25, 0.3) is 0 Å². The summed E-state index contributed by atoms with van der Waals surface area (Å²) < 4.78 is 71.0. The van der Waals surface area contributed by atoms with E-state index in [1.807, 2.05) is 0 Å². The molecule has 0 amide bonds. The van der Waals surface area contributed by atoms with E-state index < -0.39 is 48.0 Å². The normalized spacial score (nSPS) is 44.8. The zero-order valence-electron chi connectivity index (χ0n) is 13.4. The third kappa shape index (κ3) is 3.18. The number of halogens is 4. The van der Waals surface area contributed by atoms with Gasteiger partial charge in [0.05, 0.1) is 18.6 Å². The fourth-order valence-corrected chi connectivity index (χ4v) is 3.88. The van der Waals surface area contributed by atoms with Crippen LogP contribution >= 0.6 is 0 Å². The maximum Gasteiger partial charge on any atom is 0.411 e. The Morgan fingerprint density at radius 3 is 2.58 bits per heavy atom. The number of alkyl halides is 4. The quantitative estimate of drug-likeness (QED) is 0.413. The molecular formula is C15H20F4O5. The third-order valence-electron chi connectivity index (χ3n) is 5.14. The van der Waals surface area contributed by atoms with Crippen molar-refractivity contribution in [3.63, 3.8) is 0 Å². The van der Waals surface area contributed by atoms with Gasteiger partial charge in [0.2, 0.25) is 0 Å². The van der Waals surface area contributed by atoms with Crippen LogP contribution < -0.4 is 0 Å². The summed E-state index contributed by atoms with van der Waals surface area (Å²) in [5.74, 6) is -1.12. The van der Waals surface area contributed by atoms with Crippen molar-refractivity contribution in [2.24, 2.45) is 5.92 Å². The number of methoxy groups -OCH3 is 1. The first kappa shape index (κ1) is 18.0. The van der Waals surface area contributed by atoms with E-state index in [1.165, 1.54) is 7.11 Å². The molecule has 2 saturated heterocycles. The van der Waals surface area contributed by atoms with Crippen molar-refractivity contribution in [3.8, 4) is 0 Å². The van der Waals surface area contributed by atoms with Crippen molar-refractivity contribution >= 4 is 5.78 Å². The molecule has 0 aromatic rings. The molecule has 5 nitrogen and oxygen atoms in total. The second-order valence-corrected chi connectivity index (χ2v) is 6.81. The number of ketones is 1. The van der Waals surface area contributed by atoms with Gasteiger partial charge in [0.25, 0.3) is 0 Å². The summed E-state index contributed by atoms with van der Waals surface area (Å²) in [6, 6.07) is 0. The Kier molecular flexibility index (Phi) is 4.43. The Morgan fingerprint density at radius 2 is 2.04 bits per heavy atom. The molecule has 1 aliphatic carbocycles. The van der Waals surface area contributed by atoms with Crippen LogP contribution in [0, 0.1) is 5.92 Å². The number of rotatable bonds is 6. The van der Waals surface area contributed by atoms with Gasteiger partial charge in [0.15, 0.2) is 12.0 Å². The lowest BCUT2D eigenvalue weighted by molar-refractivity contribution is -0.174. The van der Waals surface area contributed by atoms with Gasteiger partial charge >= 0.3 is 6.18 Å². The van der Waals surface area contributed by atoms with E-state index >= 15 is 0 Å². The maximum atomic E-state index is 13.9. The van der Waals surface area contributed by atoms with Crippen molar-refractivity contribution in [2.45, 2.75) is 55.5 Å². The molecule has 138 valence electrons. The Morgan fingerprint density at radius 1 is 1.38 bits per heavy atom. The number of epoxide rings is 2. The van der Waals surface area contributed by atoms with E-state index in [2.05, 4.69) is 4.74 Å². The monoisotopic (exact) mass is 356 g/mol. The number of Topliss-reactive ketones (excluding diaryl/α,β-unsaturated/α-hetero) is 1. The van der Waals surface area contributed by atoms with Gasteiger partial charge in [-0.1, -0.05) is 0 Å². The van der Waals surface area contributed by atoms with Gasteiger partial charge in [-0.25, -0.2) is 4.39 Å². The molecule has 6 atom stereocenters. The minimum Gasteiger partial charge on any atom is -0.373 e. The van der Waals surface area contributed by atoms with Crippen molar-refractivity contribution in [2.75, 3.05) is 26.9 Å². The van der Waals surface area contributed by atoms with Gasteiger partial charge < -0.3 is 18.9 Å². The Hall–Kier alpha value is -0.770. The molecule has 0 N–H and O–H groups in total. The minimum atomic E-state index is -4.37. The zero-order valence-corrected chi connectivity index (χ0v) is 13.4. The molecule has 24 heavy (non-hydrogen) atoms. The molecule has 0 aromatic heterocycles. The van der Waals surface area contributed by atoms with Gasteiger partial charge in [-0.2, -0.15) is 13.2 Å². The molecule has 3 fully saturated rings. The average molecular weight is 356 g/mol. The first-order valence-electron chi connectivity index (χ1n) is 7.80. The fraction of sp³-hybridized carbons (Fsp3) is 0.933. The minimum absolute atomic E-state index is 0.0351. The lowest BCUT2D eigenvalue weighted by Gasteiger charge is -2.38. The Balaban J connectivity index is 1.62. The lowest BCUT2D eigenvalue weighted by atomic mass is 9.68. The number of carbonyl (C=O) groups is 1. The average Bonchev–Trinajstić information content (AvgIpc) is 3.37. The lowest BCUT2D eigenvalue weighted by Crippen LogP contribution is -2.56. The summed E-state index contributed by atoms with van der Waals surface area (Å²) in [5, 5.41) is 0. The molecule has 0 unspecified atom stereocenters. The van der Waals surface area contributed by atoms with E-state index in [0.29, 0.717) is 6.61 Å². The second-order valence-electron chi connectivity index (χ2n) is 6.81. The first-order chi connectivity index (χ1) is 11.1. The molecule has 3 aliphatic rings. The molecule has 0 aromatic carbocycles. The molecule has 0 radical (unpaired) electrons. The first-order valence-corrected chi connectivity index (χ1v) is 7.80. The molecule has 1 saturated carbocycles. The Labute approximate surface area is 136 Å². The summed E-state index contributed by atoms with van der Waals surface area (Å²) in [7, 11) is 1.33. The van der Waals surface area contributed by atoms with Crippen LogP contribution in [0.15, 0.2) is 0 Å². The predicted molar refractivity (Wildman–Crippen MR) is 72.3 cm³/mol. The van der Waals surface area contributed by atoms with Crippen LogP contribution in [-0.4, -0.2) is 68.5 Å².